The van der Waals surface area contributed by atoms with Crippen molar-refractivity contribution in [2.75, 3.05) is 5.75 Å². The Morgan fingerprint density at radius 1 is 1.39 bits per heavy atom. The van der Waals surface area contributed by atoms with E-state index in [9.17, 15) is 0 Å². The van der Waals surface area contributed by atoms with Crippen LogP contribution in [0, 0.1) is 6.92 Å². The maximum atomic E-state index is 5.85. The predicted octanol–water partition coefficient (Wildman–Crippen LogP) is 3.51. The molecule has 0 unspecified atom stereocenters. The molecule has 0 amide bonds. The molecule has 0 atom stereocenters. The minimum atomic E-state index is 0.481. The monoisotopic (exact) mass is 281 g/mol. The summed E-state index contributed by atoms with van der Waals surface area (Å²) in [5.74, 6) is 1.57. The summed E-state index contributed by atoms with van der Waals surface area (Å²) in [7, 11) is 0. The summed E-state index contributed by atoms with van der Waals surface area (Å²) >= 11 is 7.72. The van der Waals surface area contributed by atoms with E-state index in [2.05, 4.69) is 27.5 Å². The summed E-state index contributed by atoms with van der Waals surface area (Å²) in [6.45, 7) is 3.10. The van der Waals surface area contributed by atoms with E-state index in [-0.39, 0.29) is 0 Å². The molecule has 0 aromatic carbocycles. The van der Waals surface area contributed by atoms with Crippen molar-refractivity contribution in [3.05, 3.63) is 42.2 Å². The molecule has 3 nitrogen and oxygen atoms in total. The molecular formula is C13H16ClN3S. The quantitative estimate of drug-likeness (QED) is 0.461. The summed E-state index contributed by atoms with van der Waals surface area (Å²) in [5.41, 5.74) is 2.19. The van der Waals surface area contributed by atoms with Gasteiger partial charge in [0.05, 0.1) is 17.9 Å². The van der Waals surface area contributed by atoms with Crippen molar-refractivity contribution >= 4 is 23.4 Å². The first-order valence-corrected chi connectivity index (χ1v) is 7.42. The van der Waals surface area contributed by atoms with Crippen LogP contribution in [-0.4, -0.2) is 20.3 Å². The Morgan fingerprint density at radius 2 is 2.28 bits per heavy atom. The third-order valence-electron chi connectivity index (χ3n) is 2.76. The van der Waals surface area contributed by atoms with Gasteiger partial charge in [-0.3, -0.25) is 4.98 Å². The molecule has 0 saturated carbocycles. The van der Waals surface area contributed by atoms with E-state index in [1.54, 1.807) is 0 Å². The van der Waals surface area contributed by atoms with Gasteiger partial charge in [0, 0.05) is 30.0 Å². The third kappa shape index (κ3) is 3.50. The van der Waals surface area contributed by atoms with Crippen molar-refractivity contribution < 1.29 is 0 Å². The molecule has 0 bridgehead atoms. The zero-order valence-electron chi connectivity index (χ0n) is 10.3. The minimum absolute atomic E-state index is 0.481. The van der Waals surface area contributed by atoms with Crippen molar-refractivity contribution in [3.8, 4) is 0 Å². The highest BCUT2D eigenvalue weighted by molar-refractivity contribution is 7.99. The molecule has 0 radical (unpaired) electrons. The molecule has 2 aromatic rings. The fraction of sp³-hybridized carbons (Fsp3) is 0.385. The standard InChI is InChI=1S/C13H16ClN3S/c1-11-12(9-14)16-4-3-13(11)18-8-2-6-17-7-5-15-10-17/h3-5,7,10H,2,6,8-9H2,1H3. The number of pyridine rings is 1. The number of thioether (sulfide) groups is 1. The number of imidazole rings is 1. The molecule has 0 aliphatic heterocycles. The summed E-state index contributed by atoms with van der Waals surface area (Å²) in [4.78, 5) is 9.58. The SMILES string of the molecule is Cc1c(SCCCn2ccnc2)ccnc1CCl. The van der Waals surface area contributed by atoms with Gasteiger partial charge in [-0.05, 0) is 30.7 Å². The zero-order chi connectivity index (χ0) is 12.8. The molecule has 0 aliphatic carbocycles. The number of aromatic nitrogens is 3. The van der Waals surface area contributed by atoms with Gasteiger partial charge in [0.1, 0.15) is 0 Å². The average molecular weight is 282 g/mol. The lowest BCUT2D eigenvalue weighted by Gasteiger charge is -2.08. The third-order valence-corrected chi connectivity index (χ3v) is 4.26. The largest absolute Gasteiger partial charge is 0.337 e. The number of hydrogen-bond donors (Lipinski definition) is 0. The fourth-order valence-electron chi connectivity index (χ4n) is 1.70. The van der Waals surface area contributed by atoms with Crippen molar-refractivity contribution in [3.63, 3.8) is 0 Å². The zero-order valence-corrected chi connectivity index (χ0v) is 11.9. The second-order valence-electron chi connectivity index (χ2n) is 4.02. The Balaban J connectivity index is 1.83. The highest BCUT2D eigenvalue weighted by Gasteiger charge is 2.04. The number of nitrogens with zero attached hydrogens (tertiary/aromatic N) is 3. The topological polar surface area (TPSA) is 30.7 Å². The van der Waals surface area contributed by atoms with Crippen LogP contribution in [-0.2, 0) is 12.4 Å². The van der Waals surface area contributed by atoms with Gasteiger partial charge in [-0.15, -0.1) is 23.4 Å². The predicted molar refractivity (Wildman–Crippen MR) is 76.1 cm³/mol. The van der Waals surface area contributed by atoms with E-state index in [4.69, 9.17) is 11.6 Å². The lowest BCUT2D eigenvalue weighted by molar-refractivity contribution is 0.683. The van der Waals surface area contributed by atoms with E-state index in [0.717, 1.165) is 24.4 Å². The van der Waals surface area contributed by atoms with Crippen LogP contribution in [0.1, 0.15) is 17.7 Å². The molecule has 2 heterocycles. The molecule has 18 heavy (non-hydrogen) atoms. The Bertz CT molecular complexity index is 485. The van der Waals surface area contributed by atoms with E-state index in [1.807, 2.05) is 36.7 Å². The maximum absolute atomic E-state index is 5.85. The van der Waals surface area contributed by atoms with Crippen LogP contribution in [0.15, 0.2) is 35.9 Å². The first kappa shape index (κ1) is 13.4. The van der Waals surface area contributed by atoms with Crippen molar-refractivity contribution in [1.29, 1.82) is 0 Å². The lowest BCUT2D eigenvalue weighted by Crippen LogP contribution is -1.97. The summed E-state index contributed by atoms with van der Waals surface area (Å²) in [6.07, 6.45) is 8.62. The Hall–Kier alpha value is -1.00. The molecule has 0 saturated heterocycles. The molecule has 0 spiro atoms. The van der Waals surface area contributed by atoms with E-state index in [1.165, 1.54) is 10.5 Å². The highest BCUT2D eigenvalue weighted by atomic mass is 35.5. The molecule has 0 fully saturated rings. The fourth-order valence-corrected chi connectivity index (χ4v) is 2.95. The van der Waals surface area contributed by atoms with Crippen LogP contribution >= 0.6 is 23.4 Å². The van der Waals surface area contributed by atoms with E-state index < -0.39 is 0 Å². The van der Waals surface area contributed by atoms with Crippen molar-refractivity contribution in [2.45, 2.75) is 30.7 Å². The van der Waals surface area contributed by atoms with Gasteiger partial charge in [-0.25, -0.2) is 4.98 Å². The molecule has 5 heteroatoms. The van der Waals surface area contributed by atoms with Gasteiger partial charge in [0.15, 0.2) is 0 Å². The van der Waals surface area contributed by atoms with Gasteiger partial charge in [0.25, 0.3) is 0 Å². The van der Waals surface area contributed by atoms with Crippen LogP contribution in [0.3, 0.4) is 0 Å². The van der Waals surface area contributed by atoms with Crippen LogP contribution < -0.4 is 0 Å². The molecule has 2 rings (SSSR count). The summed E-state index contributed by atoms with van der Waals surface area (Å²) in [6, 6.07) is 2.06. The van der Waals surface area contributed by atoms with Crippen molar-refractivity contribution in [1.82, 2.24) is 14.5 Å². The normalized spacial score (nSPS) is 10.8. The number of halogens is 1. The smallest absolute Gasteiger partial charge is 0.0945 e. The lowest BCUT2D eigenvalue weighted by atomic mass is 10.2. The van der Waals surface area contributed by atoms with E-state index >= 15 is 0 Å². The second-order valence-corrected chi connectivity index (χ2v) is 5.42. The highest BCUT2D eigenvalue weighted by Crippen LogP contribution is 2.24. The Labute approximate surface area is 117 Å². The molecule has 0 N–H and O–H groups in total. The second kappa shape index (κ2) is 6.81. The number of alkyl halides is 1. The Kier molecular flexibility index (Phi) is 5.08. The molecule has 2 aromatic heterocycles. The first-order chi connectivity index (χ1) is 8.81. The summed E-state index contributed by atoms with van der Waals surface area (Å²) in [5, 5.41) is 0. The first-order valence-electron chi connectivity index (χ1n) is 5.90. The van der Waals surface area contributed by atoms with E-state index in [0.29, 0.717) is 5.88 Å². The van der Waals surface area contributed by atoms with Gasteiger partial charge in [-0.1, -0.05) is 0 Å². The van der Waals surface area contributed by atoms with Gasteiger partial charge >= 0.3 is 0 Å². The van der Waals surface area contributed by atoms with Gasteiger partial charge in [-0.2, -0.15) is 0 Å². The van der Waals surface area contributed by atoms with Crippen LogP contribution in [0.4, 0.5) is 0 Å². The Morgan fingerprint density at radius 3 is 3.00 bits per heavy atom. The average Bonchev–Trinajstić information content (AvgIpc) is 2.89. The molecule has 0 aliphatic rings. The van der Waals surface area contributed by atoms with Crippen LogP contribution in [0.5, 0.6) is 0 Å². The van der Waals surface area contributed by atoms with Crippen LogP contribution in [0.25, 0.3) is 0 Å². The number of rotatable bonds is 6. The van der Waals surface area contributed by atoms with Gasteiger partial charge < -0.3 is 4.57 Å². The summed E-state index contributed by atoms with van der Waals surface area (Å²) < 4.78 is 2.10. The number of aryl methyl sites for hydroxylation is 1. The molecular weight excluding hydrogens is 266 g/mol. The van der Waals surface area contributed by atoms with Gasteiger partial charge in [0.2, 0.25) is 0 Å². The van der Waals surface area contributed by atoms with Crippen LogP contribution in [0.2, 0.25) is 0 Å². The molecule has 96 valence electrons. The number of hydrogen-bond acceptors (Lipinski definition) is 3. The maximum Gasteiger partial charge on any atom is 0.0945 e. The van der Waals surface area contributed by atoms with Crippen molar-refractivity contribution in [2.24, 2.45) is 0 Å². The minimum Gasteiger partial charge on any atom is -0.337 e.